The molecule has 1 heterocycles. The molecule has 0 unspecified atom stereocenters. The van der Waals surface area contributed by atoms with Crippen LogP contribution in [-0.2, 0) is 13.2 Å². The number of ether oxygens (including phenoxy) is 1. The second-order valence-corrected chi connectivity index (χ2v) is 5.85. The molecule has 0 fully saturated rings. The molecule has 3 rings (SSSR count). The van der Waals surface area contributed by atoms with Crippen molar-refractivity contribution in [2.45, 2.75) is 13.2 Å². The molecular formula is C16H14ClNOS. The average Bonchev–Trinajstić information content (AvgIpc) is 2.90. The molecule has 0 aliphatic heterocycles. The van der Waals surface area contributed by atoms with Gasteiger partial charge in [0.05, 0.1) is 0 Å². The fraction of sp³-hybridized carbons (Fsp3) is 0.125. The van der Waals surface area contributed by atoms with Crippen LogP contribution in [-0.4, -0.2) is 0 Å². The van der Waals surface area contributed by atoms with E-state index in [2.05, 4.69) is 17.5 Å². The Bertz CT molecular complexity index is 721. The molecule has 0 saturated carbocycles. The fourth-order valence-corrected chi connectivity index (χ4v) is 3.32. The summed E-state index contributed by atoms with van der Waals surface area (Å²) < 4.78 is 7.07. The second-order valence-electron chi connectivity index (χ2n) is 4.50. The van der Waals surface area contributed by atoms with Gasteiger partial charge < -0.3 is 10.5 Å². The first kappa shape index (κ1) is 13.4. The molecule has 0 amide bonds. The Morgan fingerprint density at radius 2 is 1.85 bits per heavy atom. The lowest BCUT2D eigenvalue weighted by Gasteiger charge is -2.07. The number of nitrogens with two attached hydrogens (primary N) is 1. The number of halogens is 1. The monoisotopic (exact) mass is 303 g/mol. The zero-order chi connectivity index (χ0) is 13.9. The lowest BCUT2D eigenvalue weighted by atomic mass is 10.1. The molecule has 0 aliphatic carbocycles. The van der Waals surface area contributed by atoms with E-state index < -0.39 is 0 Å². The van der Waals surface area contributed by atoms with Crippen molar-refractivity contribution < 1.29 is 4.74 Å². The van der Waals surface area contributed by atoms with Crippen molar-refractivity contribution in [2.24, 2.45) is 5.73 Å². The number of hydrogen-bond donors (Lipinski definition) is 1. The van der Waals surface area contributed by atoms with E-state index in [1.165, 1.54) is 21.2 Å². The second kappa shape index (κ2) is 5.83. The van der Waals surface area contributed by atoms with Crippen LogP contribution in [0.25, 0.3) is 10.1 Å². The summed E-state index contributed by atoms with van der Waals surface area (Å²) in [6, 6.07) is 13.6. The number of rotatable bonds is 4. The van der Waals surface area contributed by atoms with E-state index in [1.54, 1.807) is 11.3 Å². The van der Waals surface area contributed by atoms with Crippen LogP contribution in [0.3, 0.4) is 0 Å². The lowest BCUT2D eigenvalue weighted by Crippen LogP contribution is -1.99. The van der Waals surface area contributed by atoms with Crippen LogP contribution in [0.5, 0.6) is 5.75 Å². The van der Waals surface area contributed by atoms with Crippen LogP contribution in [0, 0.1) is 0 Å². The van der Waals surface area contributed by atoms with Gasteiger partial charge in [0.25, 0.3) is 0 Å². The number of thiophene rings is 1. The van der Waals surface area contributed by atoms with Gasteiger partial charge >= 0.3 is 0 Å². The minimum absolute atomic E-state index is 0.540. The van der Waals surface area contributed by atoms with Gasteiger partial charge in [0.2, 0.25) is 0 Å². The highest BCUT2D eigenvalue weighted by Gasteiger charge is 2.08. The molecule has 2 nitrogen and oxygen atoms in total. The van der Waals surface area contributed by atoms with Crippen molar-refractivity contribution in [1.29, 1.82) is 0 Å². The number of fused-ring (bicyclic) bond motifs is 1. The summed E-state index contributed by atoms with van der Waals surface area (Å²) in [4.78, 5) is 0. The van der Waals surface area contributed by atoms with Gasteiger partial charge in [0.1, 0.15) is 12.4 Å². The summed E-state index contributed by atoms with van der Waals surface area (Å²) >= 11 is 7.59. The molecule has 0 aliphatic rings. The van der Waals surface area contributed by atoms with Crippen LogP contribution in [0.15, 0.2) is 47.8 Å². The van der Waals surface area contributed by atoms with E-state index in [4.69, 9.17) is 22.1 Å². The standard InChI is InChI=1S/C16H14ClNOS/c17-13-4-6-14(7-5-13)19-9-12-10-20-15-3-1-2-11(8-18)16(12)15/h1-7,10H,8-9,18H2. The molecule has 0 spiro atoms. The summed E-state index contributed by atoms with van der Waals surface area (Å²) in [5.74, 6) is 0.818. The number of hydrogen-bond acceptors (Lipinski definition) is 3. The van der Waals surface area contributed by atoms with Gasteiger partial charge in [0.15, 0.2) is 0 Å². The first-order valence-electron chi connectivity index (χ1n) is 6.34. The highest BCUT2D eigenvalue weighted by atomic mass is 35.5. The van der Waals surface area contributed by atoms with Crippen LogP contribution < -0.4 is 10.5 Å². The zero-order valence-electron chi connectivity index (χ0n) is 10.8. The number of benzene rings is 2. The lowest BCUT2D eigenvalue weighted by molar-refractivity contribution is 0.308. The van der Waals surface area contributed by atoms with E-state index in [0.29, 0.717) is 18.2 Å². The van der Waals surface area contributed by atoms with Gasteiger partial charge in [-0.1, -0.05) is 23.7 Å². The summed E-state index contributed by atoms with van der Waals surface area (Å²) in [7, 11) is 0. The Hall–Kier alpha value is -1.55. The molecule has 2 N–H and O–H groups in total. The predicted octanol–water partition coefficient (Wildman–Crippen LogP) is 4.59. The highest BCUT2D eigenvalue weighted by molar-refractivity contribution is 7.17. The summed E-state index contributed by atoms with van der Waals surface area (Å²) in [5.41, 5.74) is 8.16. The maximum absolute atomic E-state index is 5.86. The van der Waals surface area contributed by atoms with Crippen LogP contribution in [0.2, 0.25) is 5.02 Å². The summed E-state index contributed by atoms with van der Waals surface area (Å²) in [6.45, 7) is 1.08. The summed E-state index contributed by atoms with van der Waals surface area (Å²) in [5, 5.41) is 4.08. The van der Waals surface area contributed by atoms with E-state index in [9.17, 15) is 0 Å². The van der Waals surface area contributed by atoms with Crippen LogP contribution >= 0.6 is 22.9 Å². The summed E-state index contributed by atoms with van der Waals surface area (Å²) in [6.07, 6.45) is 0. The van der Waals surface area contributed by atoms with Gasteiger partial charge in [-0.15, -0.1) is 11.3 Å². The van der Waals surface area contributed by atoms with Crippen molar-refractivity contribution in [2.75, 3.05) is 0 Å². The molecule has 102 valence electrons. The Balaban J connectivity index is 1.86. The topological polar surface area (TPSA) is 35.2 Å². The van der Waals surface area contributed by atoms with Crippen LogP contribution in [0.4, 0.5) is 0 Å². The van der Waals surface area contributed by atoms with Crippen LogP contribution in [0.1, 0.15) is 11.1 Å². The normalized spacial score (nSPS) is 10.9. The van der Waals surface area contributed by atoms with Crippen molar-refractivity contribution in [3.63, 3.8) is 0 Å². The van der Waals surface area contributed by atoms with Gasteiger partial charge in [-0.25, -0.2) is 0 Å². The van der Waals surface area contributed by atoms with Crippen molar-refractivity contribution in [3.8, 4) is 5.75 Å². The third-order valence-corrected chi connectivity index (χ3v) is 4.44. The molecule has 4 heteroatoms. The highest BCUT2D eigenvalue weighted by Crippen LogP contribution is 2.30. The van der Waals surface area contributed by atoms with E-state index >= 15 is 0 Å². The zero-order valence-corrected chi connectivity index (χ0v) is 12.4. The average molecular weight is 304 g/mol. The maximum atomic E-state index is 5.86. The molecule has 0 atom stereocenters. The Morgan fingerprint density at radius 3 is 2.60 bits per heavy atom. The maximum Gasteiger partial charge on any atom is 0.119 e. The Labute approximate surface area is 126 Å². The molecule has 0 bridgehead atoms. The molecule has 0 radical (unpaired) electrons. The SMILES string of the molecule is NCc1cccc2scc(COc3ccc(Cl)cc3)c12. The van der Waals surface area contributed by atoms with E-state index in [0.717, 1.165) is 5.75 Å². The van der Waals surface area contributed by atoms with E-state index in [-0.39, 0.29) is 0 Å². The molecule has 20 heavy (non-hydrogen) atoms. The fourth-order valence-electron chi connectivity index (χ4n) is 2.20. The third kappa shape index (κ3) is 2.66. The quantitative estimate of drug-likeness (QED) is 0.765. The molecule has 1 aromatic heterocycles. The molecule has 2 aromatic carbocycles. The third-order valence-electron chi connectivity index (χ3n) is 3.19. The van der Waals surface area contributed by atoms with Crippen molar-refractivity contribution in [1.82, 2.24) is 0 Å². The molecule has 3 aromatic rings. The van der Waals surface area contributed by atoms with Crippen molar-refractivity contribution >= 4 is 33.0 Å². The molecule has 0 saturated heterocycles. The van der Waals surface area contributed by atoms with Gasteiger partial charge in [-0.3, -0.25) is 0 Å². The molecular weight excluding hydrogens is 290 g/mol. The van der Waals surface area contributed by atoms with Gasteiger partial charge in [-0.2, -0.15) is 0 Å². The van der Waals surface area contributed by atoms with Crippen molar-refractivity contribution in [3.05, 3.63) is 64.0 Å². The van der Waals surface area contributed by atoms with Gasteiger partial charge in [0, 0.05) is 27.2 Å². The minimum atomic E-state index is 0.540. The first-order chi connectivity index (χ1) is 9.78. The Morgan fingerprint density at radius 1 is 1.05 bits per heavy atom. The van der Waals surface area contributed by atoms with Gasteiger partial charge in [-0.05, 0) is 41.3 Å². The smallest absolute Gasteiger partial charge is 0.119 e. The minimum Gasteiger partial charge on any atom is -0.489 e. The first-order valence-corrected chi connectivity index (χ1v) is 7.60. The van der Waals surface area contributed by atoms with E-state index in [1.807, 2.05) is 30.3 Å². The Kier molecular flexibility index (Phi) is 3.92. The predicted molar refractivity (Wildman–Crippen MR) is 85.5 cm³/mol. The largest absolute Gasteiger partial charge is 0.489 e.